The summed E-state index contributed by atoms with van der Waals surface area (Å²) >= 11 is 0. The molecule has 0 aliphatic rings. The summed E-state index contributed by atoms with van der Waals surface area (Å²) in [6.45, 7) is 26.2. The summed E-state index contributed by atoms with van der Waals surface area (Å²) < 4.78 is 12.0. The summed E-state index contributed by atoms with van der Waals surface area (Å²) in [6.07, 6.45) is 0. The molecule has 2 rings (SSSR count). The van der Waals surface area contributed by atoms with E-state index in [9.17, 15) is 0 Å². The van der Waals surface area contributed by atoms with Crippen LogP contribution in [0.4, 0.5) is 0 Å². The second-order valence-corrected chi connectivity index (χ2v) is 24.0. The Morgan fingerprint density at radius 1 is 0.583 bits per heavy atom. The Labute approximate surface area is 229 Å². The molecular weight excluding hydrogens is 517 g/mol. The van der Waals surface area contributed by atoms with Crippen molar-refractivity contribution >= 4 is 49.6 Å². The van der Waals surface area contributed by atoms with Crippen LogP contribution in [-0.2, 0) is 9.05 Å². The van der Waals surface area contributed by atoms with Crippen molar-refractivity contribution in [3.8, 4) is 0 Å². The smallest absolute Gasteiger partial charge is 0.286 e. The molecule has 0 bridgehead atoms. The normalized spacial score (nSPS) is 14.1. The fraction of sp³-hybridized carbons (Fsp3) is 0.500. The van der Waals surface area contributed by atoms with Crippen LogP contribution in [0.25, 0.3) is 0 Å². The minimum atomic E-state index is -1.90. The zero-order valence-corrected chi connectivity index (χ0v) is 27.8. The quantitative estimate of drug-likeness (QED) is 0.132. The molecule has 0 aliphatic heterocycles. The highest BCUT2D eigenvalue weighted by Crippen LogP contribution is 2.39. The number of oxime groups is 2. The van der Waals surface area contributed by atoms with Crippen LogP contribution in [0.5, 0.6) is 0 Å². The SMILES string of the molecule is C/C(=N\O[Si](C)(C)C(C)(C)C)c1ccc(SSc2ccc(/C(C)=N/O[Si](C)(C)C(C)(C)C)cc2)cc1. The summed E-state index contributed by atoms with van der Waals surface area (Å²) in [7, 11) is -0.306. The van der Waals surface area contributed by atoms with Gasteiger partial charge in [0.1, 0.15) is 0 Å². The van der Waals surface area contributed by atoms with Crippen LogP contribution < -0.4 is 0 Å². The molecule has 0 unspecified atom stereocenters. The molecule has 0 aromatic heterocycles. The Morgan fingerprint density at radius 3 is 1.11 bits per heavy atom. The van der Waals surface area contributed by atoms with E-state index in [1.807, 2.05) is 13.8 Å². The first kappa shape index (κ1) is 30.7. The number of hydrogen-bond donors (Lipinski definition) is 0. The zero-order valence-electron chi connectivity index (χ0n) is 24.1. The van der Waals surface area contributed by atoms with E-state index in [2.05, 4.69) is 127 Å². The highest BCUT2D eigenvalue weighted by molar-refractivity contribution is 8.76. The van der Waals surface area contributed by atoms with E-state index < -0.39 is 16.6 Å². The second kappa shape index (κ2) is 11.9. The minimum Gasteiger partial charge on any atom is -0.455 e. The van der Waals surface area contributed by atoms with Crippen LogP contribution in [0.1, 0.15) is 66.5 Å². The van der Waals surface area contributed by atoms with Crippen LogP contribution in [0.15, 0.2) is 68.6 Å². The fourth-order valence-electron chi connectivity index (χ4n) is 2.34. The lowest BCUT2D eigenvalue weighted by molar-refractivity contribution is 0.308. The summed E-state index contributed by atoms with van der Waals surface area (Å²) in [5.41, 5.74) is 3.99. The number of benzene rings is 2. The average molecular weight is 561 g/mol. The predicted molar refractivity (Wildman–Crippen MR) is 166 cm³/mol. The fourth-order valence-corrected chi connectivity index (χ4v) is 5.55. The maximum atomic E-state index is 6.02. The van der Waals surface area contributed by atoms with Crippen molar-refractivity contribution < 1.29 is 9.05 Å². The number of nitrogens with zero attached hydrogens (tertiary/aromatic N) is 2. The van der Waals surface area contributed by atoms with Crippen LogP contribution in [0, 0.1) is 0 Å². The predicted octanol–water partition coefficient (Wildman–Crippen LogP) is 9.98. The van der Waals surface area contributed by atoms with Gasteiger partial charge in [0.05, 0.1) is 11.4 Å². The van der Waals surface area contributed by atoms with Crippen molar-refractivity contribution in [2.75, 3.05) is 0 Å². The summed E-state index contributed by atoms with van der Waals surface area (Å²) in [4.78, 5) is 2.40. The van der Waals surface area contributed by atoms with E-state index in [1.165, 1.54) is 9.79 Å². The monoisotopic (exact) mass is 560 g/mol. The Morgan fingerprint density at radius 2 is 0.861 bits per heavy atom. The van der Waals surface area contributed by atoms with Gasteiger partial charge in [-0.05, 0) is 85.5 Å². The minimum absolute atomic E-state index is 0.136. The first-order valence-electron chi connectivity index (χ1n) is 12.4. The third-order valence-electron chi connectivity index (χ3n) is 7.21. The van der Waals surface area contributed by atoms with Gasteiger partial charge in [0.2, 0.25) is 0 Å². The van der Waals surface area contributed by atoms with Crippen LogP contribution in [0.2, 0.25) is 36.3 Å². The third-order valence-corrected chi connectivity index (χ3v) is 17.9. The second-order valence-electron chi connectivity index (χ2n) is 12.3. The largest absolute Gasteiger partial charge is 0.455 e. The molecule has 4 nitrogen and oxygen atoms in total. The van der Waals surface area contributed by atoms with Crippen molar-refractivity contribution in [1.82, 2.24) is 0 Å². The molecular formula is C28H44N2O2S2Si2. The van der Waals surface area contributed by atoms with Crippen molar-refractivity contribution in [1.29, 1.82) is 0 Å². The molecule has 0 saturated heterocycles. The van der Waals surface area contributed by atoms with Crippen LogP contribution >= 0.6 is 21.6 Å². The van der Waals surface area contributed by atoms with Gasteiger partial charge in [0, 0.05) is 9.79 Å². The molecule has 0 fully saturated rings. The molecule has 198 valence electrons. The first-order valence-corrected chi connectivity index (χ1v) is 20.4. The van der Waals surface area contributed by atoms with E-state index in [0.29, 0.717) is 0 Å². The van der Waals surface area contributed by atoms with Gasteiger partial charge in [-0.2, -0.15) is 0 Å². The lowest BCUT2D eigenvalue weighted by Gasteiger charge is -2.33. The highest BCUT2D eigenvalue weighted by atomic mass is 33.1. The number of hydrogen-bond acceptors (Lipinski definition) is 6. The van der Waals surface area contributed by atoms with Gasteiger partial charge in [-0.15, -0.1) is 10.3 Å². The number of rotatable bonds is 9. The summed E-state index contributed by atoms with van der Waals surface area (Å²) in [5, 5.41) is 9.20. The van der Waals surface area contributed by atoms with Gasteiger partial charge in [-0.3, -0.25) is 0 Å². The average Bonchev–Trinajstić information content (AvgIpc) is 2.79. The van der Waals surface area contributed by atoms with Gasteiger partial charge in [0.25, 0.3) is 16.6 Å². The van der Waals surface area contributed by atoms with Crippen molar-refractivity contribution in [2.24, 2.45) is 10.3 Å². The molecule has 0 spiro atoms. The molecule has 0 heterocycles. The third kappa shape index (κ3) is 8.53. The van der Waals surface area contributed by atoms with Gasteiger partial charge < -0.3 is 9.05 Å². The summed E-state index contributed by atoms with van der Waals surface area (Å²) in [5.74, 6) is 0. The molecule has 0 amide bonds. The first-order chi connectivity index (χ1) is 16.4. The van der Waals surface area contributed by atoms with E-state index in [0.717, 1.165) is 22.6 Å². The molecule has 2 aromatic carbocycles. The molecule has 0 saturated carbocycles. The van der Waals surface area contributed by atoms with Crippen molar-refractivity contribution in [3.05, 3.63) is 59.7 Å². The molecule has 8 heteroatoms. The van der Waals surface area contributed by atoms with Gasteiger partial charge in [-0.25, -0.2) is 0 Å². The lowest BCUT2D eigenvalue weighted by atomic mass is 10.1. The Hall–Kier alpha value is -1.49. The van der Waals surface area contributed by atoms with E-state index in [1.54, 1.807) is 21.6 Å². The molecule has 0 aliphatic carbocycles. The van der Waals surface area contributed by atoms with Crippen LogP contribution in [0.3, 0.4) is 0 Å². The van der Waals surface area contributed by atoms with E-state index in [-0.39, 0.29) is 10.1 Å². The van der Waals surface area contributed by atoms with Gasteiger partial charge >= 0.3 is 0 Å². The van der Waals surface area contributed by atoms with Gasteiger partial charge in [-0.1, -0.05) is 87.4 Å². The maximum absolute atomic E-state index is 6.02. The maximum Gasteiger partial charge on any atom is 0.286 e. The topological polar surface area (TPSA) is 43.2 Å². The molecule has 0 N–H and O–H groups in total. The van der Waals surface area contributed by atoms with Crippen molar-refractivity contribution in [3.63, 3.8) is 0 Å². The summed E-state index contributed by atoms with van der Waals surface area (Å²) in [6, 6.07) is 17.0. The Balaban J connectivity index is 1.96. The zero-order chi connectivity index (χ0) is 27.4. The lowest BCUT2D eigenvalue weighted by Crippen LogP contribution is -2.39. The standard InChI is InChI=1S/C28H44N2O2S2Si2/c1-21(29-31-35(9,10)27(3,4)5)23-13-17-25(18-14-23)33-34-26-19-15-24(16-20-26)22(2)30-32-36(11,12)28(6,7)8/h13-20H,1-12H3/b29-21+,30-22+. The molecule has 36 heavy (non-hydrogen) atoms. The molecule has 2 aromatic rings. The highest BCUT2D eigenvalue weighted by Gasteiger charge is 2.40. The van der Waals surface area contributed by atoms with E-state index in [4.69, 9.17) is 9.05 Å². The van der Waals surface area contributed by atoms with Gasteiger partial charge in [0.15, 0.2) is 0 Å². The molecule has 0 atom stereocenters. The van der Waals surface area contributed by atoms with Crippen LogP contribution in [-0.4, -0.2) is 28.1 Å². The Bertz CT molecular complexity index is 979. The van der Waals surface area contributed by atoms with E-state index >= 15 is 0 Å². The Kier molecular flexibility index (Phi) is 10.2. The molecule has 0 radical (unpaired) electrons. The van der Waals surface area contributed by atoms with Crippen molar-refractivity contribution in [2.45, 2.75) is 101 Å².